The van der Waals surface area contributed by atoms with Crippen LogP contribution in [0.3, 0.4) is 0 Å². The topological polar surface area (TPSA) is 12.5 Å². The molecule has 1 aliphatic rings. The molecule has 2 aromatic rings. The number of thiocarbonyl (C=S) groups is 1. The molecule has 1 heterocycles. The van der Waals surface area contributed by atoms with E-state index in [2.05, 4.69) is 30.5 Å². The number of aryl methyl sites for hydroxylation is 1. The van der Waals surface area contributed by atoms with E-state index in [9.17, 15) is 0 Å². The standard InChI is InChI=1S/C18H19NOS2/c1-13-11-14(18(21)22)12-16(19-9-5-6-10-19)17(13)20-15-7-3-2-4-8-15/h2-4,7-8,11-12H,5-6,9-10H2,1H3,(H,21,22). The maximum absolute atomic E-state index is 6.18. The Labute approximate surface area is 142 Å². The number of hydrogen-bond acceptors (Lipinski definition) is 3. The molecule has 0 aromatic heterocycles. The van der Waals surface area contributed by atoms with Gasteiger partial charge < -0.3 is 9.64 Å². The maximum atomic E-state index is 6.18. The molecule has 0 saturated carbocycles. The largest absolute Gasteiger partial charge is 0.455 e. The summed E-state index contributed by atoms with van der Waals surface area (Å²) in [6, 6.07) is 14.1. The minimum Gasteiger partial charge on any atom is -0.455 e. The van der Waals surface area contributed by atoms with Gasteiger partial charge in [0.2, 0.25) is 0 Å². The van der Waals surface area contributed by atoms with Crippen molar-refractivity contribution >= 4 is 34.7 Å². The average molecular weight is 329 g/mol. The SMILES string of the molecule is Cc1cc(C(=S)S)cc(N2CCCC2)c1Oc1ccccc1. The van der Waals surface area contributed by atoms with E-state index in [-0.39, 0.29) is 0 Å². The van der Waals surface area contributed by atoms with E-state index in [0.29, 0.717) is 4.20 Å². The fraction of sp³-hybridized carbons (Fsp3) is 0.278. The van der Waals surface area contributed by atoms with Gasteiger partial charge in [-0.25, -0.2) is 0 Å². The van der Waals surface area contributed by atoms with Crippen LogP contribution in [0.1, 0.15) is 24.0 Å². The molecule has 114 valence electrons. The molecule has 0 bridgehead atoms. The van der Waals surface area contributed by atoms with Crippen LogP contribution in [0.2, 0.25) is 0 Å². The van der Waals surface area contributed by atoms with E-state index in [0.717, 1.165) is 41.4 Å². The Kier molecular flexibility index (Phi) is 4.69. The van der Waals surface area contributed by atoms with Gasteiger partial charge in [0.15, 0.2) is 5.75 Å². The molecule has 1 aliphatic heterocycles. The highest BCUT2D eigenvalue weighted by atomic mass is 32.1. The summed E-state index contributed by atoms with van der Waals surface area (Å²) < 4.78 is 6.80. The monoisotopic (exact) mass is 329 g/mol. The highest BCUT2D eigenvalue weighted by Gasteiger charge is 2.20. The van der Waals surface area contributed by atoms with Crippen LogP contribution >= 0.6 is 24.8 Å². The van der Waals surface area contributed by atoms with Crippen LogP contribution in [0, 0.1) is 6.92 Å². The van der Waals surface area contributed by atoms with Crippen LogP contribution in [0.25, 0.3) is 0 Å². The third-order valence-electron chi connectivity index (χ3n) is 3.91. The number of hydrogen-bond donors (Lipinski definition) is 1. The molecule has 0 aliphatic carbocycles. The normalized spacial score (nSPS) is 14.2. The predicted molar refractivity (Wildman–Crippen MR) is 99.8 cm³/mol. The van der Waals surface area contributed by atoms with Crippen molar-refractivity contribution in [3.63, 3.8) is 0 Å². The fourth-order valence-corrected chi connectivity index (χ4v) is 3.06. The van der Waals surface area contributed by atoms with Gasteiger partial charge in [-0.1, -0.05) is 30.4 Å². The zero-order chi connectivity index (χ0) is 15.5. The molecule has 0 amide bonds. The van der Waals surface area contributed by atoms with Gasteiger partial charge in [-0.3, -0.25) is 0 Å². The summed E-state index contributed by atoms with van der Waals surface area (Å²) in [4.78, 5) is 2.38. The average Bonchev–Trinajstić information content (AvgIpc) is 3.04. The Bertz CT molecular complexity index is 679. The van der Waals surface area contributed by atoms with Gasteiger partial charge in [-0.05, 0) is 49.6 Å². The molecule has 0 N–H and O–H groups in total. The number of anilines is 1. The van der Waals surface area contributed by atoms with Crippen LogP contribution in [-0.2, 0) is 0 Å². The molecule has 4 heteroatoms. The lowest BCUT2D eigenvalue weighted by atomic mass is 10.1. The third-order valence-corrected chi connectivity index (χ3v) is 4.41. The van der Waals surface area contributed by atoms with Crippen molar-refractivity contribution in [1.82, 2.24) is 0 Å². The molecular weight excluding hydrogens is 310 g/mol. The van der Waals surface area contributed by atoms with Crippen molar-refractivity contribution in [2.75, 3.05) is 18.0 Å². The number of thiol groups is 1. The van der Waals surface area contributed by atoms with Gasteiger partial charge in [0, 0.05) is 18.7 Å². The first-order valence-corrected chi connectivity index (χ1v) is 8.36. The van der Waals surface area contributed by atoms with Gasteiger partial charge in [-0.2, -0.15) is 0 Å². The molecule has 1 saturated heterocycles. The smallest absolute Gasteiger partial charge is 0.153 e. The van der Waals surface area contributed by atoms with Crippen LogP contribution in [-0.4, -0.2) is 17.3 Å². The predicted octanol–water partition coefficient (Wildman–Crippen LogP) is 4.99. The van der Waals surface area contributed by atoms with Gasteiger partial charge in [-0.15, -0.1) is 12.6 Å². The van der Waals surface area contributed by atoms with Crippen molar-refractivity contribution in [2.45, 2.75) is 19.8 Å². The zero-order valence-corrected chi connectivity index (χ0v) is 14.3. The third kappa shape index (κ3) is 3.28. The summed E-state index contributed by atoms with van der Waals surface area (Å²) in [6.07, 6.45) is 2.44. The molecule has 2 aromatic carbocycles. The quantitative estimate of drug-likeness (QED) is 0.627. The molecule has 1 fully saturated rings. The molecule has 0 spiro atoms. The van der Waals surface area contributed by atoms with Crippen molar-refractivity contribution in [3.05, 3.63) is 53.6 Å². The van der Waals surface area contributed by atoms with Gasteiger partial charge in [0.25, 0.3) is 0 Å². The van der Waals surface area contributed by atoms with Gasteiger partial charge in [0.1, 0.15) is 5.75 Å². The lowest BCUT2D eigenvalue weighted by molar-refractivity contribution is 0.478. The summed E-state index contributed by atoms with van der Waals surface area (Å²) in [5.41, 5.74) is 3.19. The summed E-state index contributed by atoms with van der Waals surface area (Å²) >= 11 is 9.56. The number of para-hydroxylation sites is 1. The Morgan fingerprint density at radius 3 is 2.45 bits per heavy atom. The van der Waals surface area contributed by atoms with E-state index < -0.39 is 0 Å². The summed E-state index contributed by atoms with van der Waals surface area (Å²) in [5, 5.41) is 0. The van der Waals surface area contributed by atoms with E-state index >= 15 is 0 Å². The zero-order valence-electron chi connectivity index (χ0n) is 12.6. The van der Waals surface area contributed by atoms with Crippen molar-refractivity contribution < 1.29 is 4.74 Å². The lowest BCUT2D eigenvalue weighted by Gasteiger charge is -2.23. The second kappa shape index (κ2) is 6.71. The van der Waals surface area contributed by atoms with Crippen LogP contribution in [0.5, 0.6) is 11.5 Å². The minimum atomic E-state index is 0.620. The van der Waals surface area contributed by atoms with Crippen LogP contribution < -0.4 is 9.64 Å². The van der Waals surface area contributed by atoms with Crippen LogP contribution in [0.15, 0.2) is 42.5 Å². The molecule has 0 radical (unpaired) electrons. The van der Waals surface area contributed by atoms with E-state index in [1.165, 1.54) is 12.8 Å². The van der Waals surface area contributed by atoms with Gasteiger partial charge >= 0.3 is 0 Å². The Balaban J connectivity index is 2.04. The number of benzene rings is 2. The number of nitrogens with zero attached hydrogens (tertiary/aromatic N) is 1. The number of rotatable bonds is 4. The molecule has 0 unspecified atom stereocenters. The van der Waals surface area contributed by atoms with Crippen LogP contribution in [0.4, 0.5) is 5.69 Å². The molecule has 0 atom stereocenters. The highest BCUT2D eigenvalue weighted by Crippen LogP contribution is 2.38. The minimum absolute atomic E-state index is 0.620. The maximum Gasteiger partial charge on any atom is 0.153 e. The lowest BCUT2D eigenvalue weighted by Crippen LogP contribution is -2.19. The highest BCUT2D eigenvalue weighted by molar-refractivity contribution is 8.11. The van der Waals surface area contributed by atoms with E-state index in [4.69, 9.17) is 17.0 Å². The van der Waals surface area contributed by atoms with Crippen molar-refractivity contribution in [3.8, 4) is 11.5 Å². The summed E-state index contributed by atoms with van der Waals surface area (Å²) in [5.74, 6) is 1.77. The second-order valence-electron chi connectivity index (χ2n) is 5.56. The first-order chi connectivity index (χ1) is 10.6. The van der Waals surface area contributed by atoms with Crippen molar-refractivity contribution in [1.29, 1.82) is 0 Å². The Hall–Kier alpha value is -1.52. The molecule has 22 heavy (non-hydrogen) atoms. The summed E-state index contributed by atoms with van der Waals surface area (Å²) in [6.45, 7) is 4.19. The number of ether oxygens (including phenoxy) is 1. The molecule has 3 rings (SSSR count). The Morgan fingerprint density at radius 1 is 1.14 bits per heavy atom. The molecular formula is C18H19NOS2. The first-order valence-electron chi connectivity index (χ1n) is 7.51. The first kappa shape index (κ1) is 15.4. The van der Waals surface area contributed by atoms with E-state index in [1.807, 2.05) is 36.4 Å². The van der Waals surface area contributed by atoms with Crippen molar-refractivity contribution in [2.24, 2.45) is 0 Å². The molecule has 2 nitrogen and oxygen atoms in total. The van der Waals surface area contributed by atoms with E-state index in [1.54, 1.807) is 0 Å². The van der Waals surface area contributed by atoms with Gasteiger partial charge in [0.05, 0.1) is 9.88 Å². The Morgan fingerprint density at radius 2 is 1.82 bits per heavy atom. The summed E-state index contributed by atoms with van der Waals surface area (Å²) in [7, 11) is 0. The fourth-order valence-electron chi connectivity index (χ4n) is 2.81. The second-order valence-corrected chi connectivity index (χ2v) is 6.71.